The van der Waals surface area contributed by atoms with E-state index in [-0.39, 0.29) is 13.2 Å². The summed E-state index contributed by atoms with van der Waals surface area (Å²) in [5.41, 5.74) is 1.57. The van der Waals surface area contributed by atoms with E-state index in [2.05, 4.69) is 4.72 Å². The van der Waals surface area contributed by atoms with Crippen molar-refractivity contribution in [1.82, 2.24) is 4.72 Å². The van der Waals surface area contributed by atoms with Gasteiger partial charge < -0.3 is 4.74 Å². The molecule has 0 fully saturated rings. The molecule has 0 aliphatic heterocycles. The molecule has 2 aromatic carbocycles. The maximum Gasteiger partial charge on any atom is 0.208 e. The molecule has 2 rings (SSSR count). The van der Waals surface area contributed by atoms with Gasteiger partial charge in [-0.05, 0) is 29.8 Å². The molecule has 4 nitrogen and oxygen atoms in total. The van der Waals surface area contributed by atoms with E-state index in [0.29, 0.717) is 20.6 Å². The number of halogens is 3. The summed E-state index contributed by atoms with van der Waals surface area (Å²) in [6.07, 6.45) is 0.535. The minimum absolute atomic E-state index is 0.0633. The first kappa shape index (κ1) is 19.5. The highest BCUT2D eigenvalue weighted by atomic mass is 35.5. The first-order valence-corrected chi connectivity index (χ1v) is 10.0. The Hall–Kier alpha value is -0.820. The lowest BCUT2D eigenvalue weighted by atomic mass is 10.1. The van der Waals surface area contributed by atoms with Crippen LogP contribution in [0.5, 0.6) is 0 Å². The molecule has 0 aliphatic carbocycles. The Labute approximate surface area is 156 Å². The molecule has 0 bridgehead atoms. The van der Waals surface area contributed by atoms with Crippen molar-refractivity contribution in [3.05, 3.63) is 68.7 Å². The van der Waals surface area contributed by atoms with Gasteiger partial charge in [-0.25, -0.2) is 13.1 Å². The maximum atomic E-state index is 11.4. The largest absolute Gasteiger partial charge is 0.367 e. The lowest BCUT2D eigenvalue weighted by Gasteiger charge is -2.20. The summed E-state index contributed by atoms with van der Waals surface area (Å²) in [5, 5.41) is 1.55. The van der Waals surface area contributed by atoms with Gasteiger partial charge >= 0.3 is 0 Å². The molecule has 0 spiro atoms. The van der Waals surface area contributed by atoms with Crippen molar-refractivity contribution >= 4 is 44.8 Å². The molecule has 0 aromatic heterocycles. The zero-order chi connectivity index (χ0) is 17.7. The summed E-state index contributed by atoms with van der Waals surface area (Å²) in [5.74, 6) is 0. The SMILES string of the molecule is CS(=O)(=O)NCC(OCc1ccc(Cl)cc1)c1ccc(Cl)cc1Cl. The zero-order valence-electron chi connectivity index (χ0n) is 12.8. The van der Waals surface area contributed by atoms with Crippen LogP contribution in [0.4, 0.5) is 0 Å². The van der Waals surface area contributed by atoms with Crippen LogP contribution in [0, 0.1) is 0 Å². The quantitative estimate of drug-likeness (QED) is 0.736. The molecule has 0 heterocycles. The van der Waals surface area contributed by atoms with Crippen molar-refractivity contribution < 1.29 is 13.2 Å². The van der Waals surface area contributed by atoms with Crippen molar-refractivity contribution in [2.45, 2.75) is 12.7 Å². The number of benzene rings is 2. The van der Waals surface area contributed by atoms with Gasteiger partial charge in [0.15, 0.2) is 0 Å². The van der Waals surface area contributed by atoms with Gasteiger partial charge in [0.2, 0.25) is 10.0 Å². The minimum Gasteiger partial charge on any atom is -0.367 e. The fourth-order valence-corrected chi connectivity index (χ4v) is 3.14. The highest BCUT2D eigenvalue weighted by Crippen LogP contribution is 2.29. The number of ether oxygens (including phenoxy) is 1. The average molecular weight is 409 g/mol. The lowest BCUT2D eigenvalue weighted by Crippen LogP contribution is -2.28. The van der Waals surface area contributed by atoms with Crippen LogP contribution < -0.4 is 4.72 Å². The number of sulfonamides is 1. The molecule has 24 heavy (non-hydrogen) atoms. The topological polar surface area (TPSA) is 55.4 Å². The Morgan fingerprint density at radius 2 is 1.67 bits per heavy atom. The van der Waals surface area contributed by atoms with Crippen molar-refractivity contribution in [3.63, 3.8) is 0 Å². The van der Waals surface area contributed by atoms with Crippen LogP contribution in [0.25, 0.3) is 0 Å². The van der Waals surface area contributed by atoms with Crippen molar-refractivity contribution in [2.75, 3.05) is 12.8 Å². The standard InChI is InChI=1S/C16H16Cl3NO3S/c1-24(21,22)20-9-16(14-7-6-13(18)8-15(14)19)23-10-11-2-4-12(17)5-3-11/h2-8,16,20H,9-10H2,1H3. The van der Waals surface area contributed by atoms with Crippen LogP contribution in [0.3, 0.4) is 0 Å². The van der Waals surface area contributed by atoms with Gasteiger partial charge in [-0.1, -0.05) is 53.0 Å². The van der Waals surface area contributed by atoms with Gasteiger partial charge in [-0.2, -0.15) is 0 Å². The first-order chi connectivity index (χ1) is 11.2. The Morgan fingerprint density at radius 3 is 2.25 bits per heavy atom. The summed E-state index contributed by atoms with van der Waals surface area (Å²) in [6, 6.07) is 12.2. The first-order valence-electron chi connectivity index (χ1n) is 7.00. The third-order valence-electron chi connectivity index (χ3n) is 3.20. The molecular formula is C16H16Cl3NO3S. The van der Waals surface area contributed by atoms with E-state index < -0.39 is 16.1 Å². The van der Waals surface area contributed by atoms with Crippen molar-refractivity contribution in [3.8, 4) is 0 Å². The predicted molar refractivity (Wildman–Crippen MR) is 98.3 cm³/mol. The summed E-state index contributed by atoms with van der Waals surface area (Å²) >= 11 is 18.0. The molecule has 1 unspecified atom stereocenters. The van der Waals surface area contributed by atoms with Gasteiger partial charge in [-0.3, -0.25) is 0 Å². The van der Waals surface area contributed by atoms with Crippen LogP contribution in [0.1, 0.15) is 17.2 Å². The summed E-state index contributed by atoms with van der Waals surface area (Å²) < 4.78 is 31.1. The van der Waals surface area contributed by atoms with Gasteiger partial charge in [0.25, 0.3) is 0 Å². The number of hydrogen-bond acceptors (Lipinski definition) is 3. The van der Waals surface area contributed by atoms with E-state index >= 15 is 0 Å². The van der Waals surface area contributed by atoms with Crippen LogP contribution >= 0.6 is 34.8 Å². The Bertz CT molecular complexity index is 795. The Morgan fingerprint density at radius 1 is 1.04 bits per heavy atom. The molecule has 1 atom stereocenters. The molecule has 2 aromatic rings. The fraction of sp³-hybridized carbons (Fsp3) is 0.250. The Kier molecular flexibility index (Phi) is 6.92. The highest BCUT2D eigenvalue weighted by Gasteiger charge is 2.18. The Balaban J connectivity index is 2.17. The van der Waals surface area contributed by atoms with Crippen molar-refractivity contribution in [1.29, 1.82) is 0 Å². The molecule has 0 saturated carbocycles. The number of rotatable bonds is 7. The molecule has 0 radical (unpaired) electrons. The summed E-state index contributed by atoms with van der Waals surface area (Å²) in [7, 11) is -3.35. The summed E-state index contributed by atoms with van der Waals surface area (Å²) in [4.78, 5) is 0. The smallest absolute Gasteiger partial charge is 0.208 e. The molecule has 1 N–H and O–H groups in total. The van der Waals surface area contributed by atoms with E-state index in [1.807, 2.05) is 12.1 Å². The summed E-state index contributed by atoms with van der Waals surface area (Å²) in [6.45, 7) is 0.347. The molecule has 0 amide bonds. The molecule has 0 aliphatic rings. The van der Waals surface area contributed by atoms with E-state index in [4.69, 9.17) is 39.5 Å². The minimum atomic E-state index is -3.35. The predicted octanol–water partition coefficient (Wildman–Crippen LogP) is 4.45. The van der Waals surface area contributed by atoms with Crippen molar-refractivity contribution in [2.24, 2.45) is 0 Å². The third kappa shape index (κ3) is 6.24. The molecule has 0 saturated heterocycles. The fourth-order valence-electron chi connectivity index (χ4n) is 2.03. The second kappa shape index (κ2) is 8.52. The van der Waals surface area contributed by atoms with Gasteiger partial charge in [0.1, 0.15) is 0 Å². The molecule has 8 heteroatoms. The normalized spacial score (nSPS) is 13.0. The number of nitrogens with one attached hydrogen (secondary N) is 1. The molecular weight excluding hydrogens is 393 g/mol. The van der Waals surface area contributed by atoms with Gasteiger partial charge in [0.05, 0.1) is 19.0 Å². The van der Waals surface area contributed by atoms with Crippen LogP contribution in [-0.2, 0) is 21.4 Å². The molecule has 130 valence electrons. The van der Waals surface area contributed by atoms with E-state index in [0.717, 1.165) is 11.8 Å². The lowest BCUT2D eigenvalue weighted by molar-refractivity contribution is 0.0433. The van der Waals surface area contributed by atoms with Crippen LogP contribution in [-0.4, -0.2) is 21.2 Å². The number of hydrogen-bond donors (Lipinski definition) is 1. The van der Waals surface area contributed by atoms with Crippen LogP contribution in [0.15, 0.2) is 42.5 Å². The third-order valence-corrected chi connectivity index (χ3v) is 4.71. The average Bonchev–Trinajstić information content (AvgIpc) is 2.49. The van der Waals surface area contributed by atoms with Gasteiger partial charge in [0, 0.05) is 27.2 Å². The van der Waals surface area contributed by atoms with E-state index in [9.17, 15) is 8.42 Å². The maximum absolute atomic E-state index is 11.4. The second-order valence-electron chi connectivity index (χ2n) is 5.21. The zero-order valence-corrected chi connectivity index (χ0v) is 15.9. The van der Waals surface area contributed by atoms with Gasteiger partial charge in [-0.15, -0.1) is 0 Å². The highest BCUT2D eigenvalue weighted by molar-refractivity contribution is 7.88. The van der Waals surface area contributed by atoms with Crippen LogP contribution in [0.2, 0.25) is 15.1 Å². The van der Waals surface area contributed by atoms with E-state index in [1.165, 1.54) is 0 Å². The second-order valence-corrected chi connectivity index (χ2v) is 8.33. The monoisotopic (exact) mass is 407 g/mol. The van der Waals surface area contributed by atoms with E-state index in [1.54, 1.807) is 30.3 Å².